The first-order chi connectivity index (χ1) is 14.7. The molecule has 6 nitrogen and oxygen atoms in total. The van der Waals surface area contributed by atoms with Gasteiger partial charge in [-0.2, -0.15) is 0 Å². The minimum atomic E-state index is 0.0412. The van der Waals surface area contributed by atoms with E-state index in [2.05, 4.69) is 38.3 Å². The number of rotatable bonds is 4. The van der Waals surface area contributed by atoms with E-state index in [0.717, 1.165) is 63.6 Å². The van der Waals surface area contributed by atoms with Crippen LogP contribution in [0.2, 0.25) is 0 Å². The molecular formula is C24H34N4O2. The molecule has 0 spiro atoms. The molecule has 1 N–H and O–H groups in total. The molecule has 2 aliphatic rings. The highest BCUT2D eigenvalue weighted by Gasteiger charge is 2.37. The van der Waals surface area contributed by atoms with Crippen LogP contribution in [0.3, 0.4) is 0 Å². The fraction of sp³-hybridized carbons (Fsp3) is 0.583. The third-order valence-electron chi connectivity index (χ3n) is 6.45. The highest BCUT2D eigenvalue weighted by Crippen LogP contribution is 2.27. The molecule has 0 aromatic carbocycles. The van der Waals surface area contributed by atoms with E-state index in [1.54, 1.807) is 0 Å². The van der Waals surface area contributed by atoms with Crippen LogP contribution in [0, 0.1) is 12.8 Å². The summed E-state index contributed by atoms with van der Waals surface area (Å²) in [5.74, 6) is 2.23. The Bertz CT molecular complexity index is 807. The van der Waals surface area contributed by atoms with Crippen molar-refractivity contribution in [2.24, 2.45) is 5.92 Å². The highest BCUT2D eigenvalue weighted by atomic mass is 16.3. The largest absolute Gasteiger partial charge is 0.465 e. The predicted molar refractivity (Wildman–Crippen MR) is 117 cm³/mol. The van der Waals surface area contributed by atoms with Gasteiger partial charge in [-0.25, -0.2) is 0 Å². The van der Waals surface area contributed by atoms with Gasteiger partial charge in [-0.3, -0.25) is 19.6 Å². The third kappa shape index (κ3) is 5.49. The molecule has 162 valence electrons. The minimum Gasteiger partial charge on any atom is -0.465 e. The Morgan fingerprint density at radius 3 is 2.70 bits per heavy atom. The van der Waals surface area contributed by atoms with E-state index in [9.17, 15) is 4.79 Å². The standard InChI is InChI=1S/C24H34N4O2/c1-19-6-7-21(30-19)17-27-15-10-22-23(18-27)28(16-20-8-12-25-13-9-20)14-5-3-2-4-11-26-24(22)29/h6-9,12-13,22-23H,2-5,10-11,14-18H2,1H3,(H,26,29)/t22-,23+/m0/s1. The maximum absolute atomic E-state index is 13.1. The van der Waals surface area contributed by atoms with E-state index >= 15 is 0 Å². The molecule has 0 radical (unpaired) electrons. The van der Waals surface area contributed by atoms with Crippen LogP contribution < -0.4 is 5.32 Å². The molecule has 2 aliphatic heterocycles. The Labute approximate surface area is 179 Å². The lowest BCUT2D eigenvalue weighted by atomic mass is 9.88. The zero-order valence-electron chi connectivity index (χ0n) is 18.1. The van der Waals surface area contributed by atoms with Crippen LogP contribution in [0.5, 0.6) is 0 Å². The molecule has 2 aromatic rings. The lowest BCUT2D eigenvalue weighted by Gasteiger charge is -2.43. The zero-order valence-corrected chi connectivity index (χ0v) is 18.1. The molecule has 30 heavy (non-hydrogen) atoms. The summed E-state index contributed by atoms with van der Waals surface area (Å²) >= 11 is 0. The summed E-state index contributed by atoms with van der Waals surface area (Å²) in [6, 6.07) is 8.48. The summed E-state index contributed by atoms with van der Waals surface area (Å²) in [4.78, 5) is 22.2. The zero-order chi connectivity index (χ0) is 20.8. The molecule has 0 saturated carbocycles. The Balaban J connectivity index is 1.54. The number of likely N-dealkylation sites (tertiary alicyclic amines) is 1. The summed E-state index contributed by atoms with van der Waals surface area (Å²) in [7, 11) is 0. The van der Waals surface area contributed by atoms with Gasteiger partial charge in [0.1, 0.15) is 11.5 Å². The van der Waals surface area contributed by atoms with Crippen molar-refractivity contribution in [2.45, 2.75) is 58.2 Å². The second kappa shape index (κ2) is 10.2. The molecule has 6 heteroatoms. The summed E-state index contributed by atoms with van der Waals surface area (Å²) in [5, 5.41) is 3.22. The smallest absolute Gasteiger partial charge is 0.224 e. The quantitative estimate of drug-likeness (QED) is 0.837. The van der Waals surface area contributed by atoms with Gasteiger partial charge in [0.2, 0.25) is 5.91 Å². The number of fused-ring (bicyclic) bond motifs is 1. The summed E-state index contributed by atoms with van der Waals surface area (Å²) in [6.45, 7) is 7.32. The summed E-state index contributed by atoms with van der Waals surface area (Å²) < 4.78 is 5.82. The van der Waals surface area contributed by atoms with Gasteiger partial charge in [-0.15, -0.1) is 0 Å². The summed E-state index contributed by atoms with van der Waals surface area (Å²) in [6.07, 6.45) is 9.27. The topological polar surface area (TPSA) is 61.6 Å². The number of hydrogen-bond donors (Lipinski definition) is 1. The van der Waals surface area contributed by atoms with E-state index in [-0.39, 0.29) is 17.9 Å². The van der Waals surface area contributed by atoms with Crippen LogP contribution in [0.4, 0.5) is 0 Å². The van der Waals surface area contributed by atoms with Crippen LogP contribution in [0.1, 0.15) is 49.2 Å². The van der Waals surface area contributed by atoms with E-state index in [0.29, 0.717) is 0 Å². The number of piperidine rings is 1. The molecule has 2 saturated heterocycles. The molecule has 2 fully saturated rings. The number of hydrogen-bond acceptors (Lipinski definition) is 5. The molecular weight excluding hydrogens is 376 g/mol. The van der Waals surface area contributed by atoms with Crippen LogP contribution in [0.15, 0.2) is 41.1 Å². The van der Waals surface area contributed by atoms with E-state index in [1.807, 2.05) is 25.4 Å². The SMILES string of the molecule is Cc1ccc(CN2CC[C@@H]3C(=O)NCCCCCCN(Cc4ccncc4)[C@@H]3C2)o1. The van der Waals surface area contributed by atoms with Crippen LogP contribution in [-0.4, -0.2) is 52.9 Å². The van der Waals surface area contributed by atoms with Crippen LogP contribution in [-0.2, 0) is 17.9 Å². The lowest BCUT2D eigenvalue weighted by Crippen LogP contribution is -2.56. The monoisotopic (exact) mass is 410 g/mol. The third-order valence-corrected chi connectivity index (χ3v) is 6.45. The number of carbonyl (C=O) groups excluding carboxylic acids is 1. The first kappa shape index (κ1) is 21.1. The van der Waals surface area contributed by atoms with Crippen LogP contribution >= 0.6 is 0 Å². The Morgan fingerprint density at radius 1 is 1.07 bits per heavy atom. The van der Waals surface area contributed by atoms with Gasteiger partial charge in [-0.05, 0) is 69.1 Å². The molecule has 2 atom stereocenters. The van der Waals surface area contributed by atoms with Crippen molar-refractivity contribution in [3.05, 3.63) is 53.7 Å². The number of aryl methyl sites for hydroxylation is 1. The fourth-order valence-electron chi connectivity index (χ4n) is 4.83. The molecule has 4 rings (SSSR count). The average Bonchev–Trinajstić information content (AvgIpc) is 3.15. The molecule has 0 aliphatic carbocycles. The second-order valence-corrected chi connectivity index (χ2v) is 8.74. The van der Waals surface area contributed by atoms with Gasteiger partial charge in [0.05, 0.1) is 12.5 Å². The normalized spacial score (nSPS) is 24.6. The van der Waals surface area contributed by atoms with E-state index < -0.39 is 0 Å². The maximum atomic E-state index is 13.1. The molecule has 2 aromatic heterocycles. The maximum Gasteiger partial charge on any atom is 0.224 e. The molecule has 0 unspecified atom stereocenters. The van der Waals surface area contributed by atoms with Crippen molar-refractivity contribution in [3.8, 4) is 0 Å². The number of nitrogens with one attached hydrogen (secondary N) is 1. The number of furan rings is 1. The number of carbonyl (C=O) groups is 1. The fourth-order valence-corrected chi connectivity index (χ4v) is 4.83. The van der Waals surface area contributed by atoms with Gasteiger partial charge in [0, 0.05) is 38.1 Å². The number of amides is 1. The first-order valence-electron chi connectivity index (χ1n) is 11.4. The van der Waals surface area contributed by atoms with Gasteiger partial charge >= 0.3 is 0 Å². The van der Waals surface area contributed by atoms with Crippen molar-refractivity contribution in [3.63, 3.8) is 0 Å². The Kier molecular flexibility index (Phi) is 7.18. The van der Waals surface area contributed by atoms with Gasteiger partial charge in [0.25, 0.3) is 0 Å². The van der Waals surface area contributed by atoms with Crippen molar-refractivity contribution >= 4 is 5.91 Å². The highest BCUT2D eigenvalue weighted by molar-refractivity contribution is 5.79. The van der Waals surface area contributed by atoms with E-state index in [1.165, 1.54) is 24.8 Å². The second-order valence-electron chi connectivity index (χ2n) is 8.74. The van der Waals surface area contributed by atoms with Gasteiger partial charge in [0.15, 0.2) is 0 Å². The first-order valence-corrected chi connectivity index (χ1v) is 11.4. The number of pyridine rings is 1. The van der Waals surface area contributed by atoms with Crippen molar-refractivity contribution in [2.75, 3.05) is 26.2 Å². The molecule has 1 amide bonds. The van der Waals surface area contributed by atoms with Crippen molar-refractivity contribution in [1.82, 2.24) is 20.1 Å². The minimum absolute atomic E-state index is 0.0412. The van der Waals surface area contributed by atoms with Gasteiger partial charge in [-0.1, -0.05) is 12.8 Å². The number of aromatic nitrogens is 1. The van der Waals surface area contributed by atoms with Crippen LogP contribution in [0.25, 0.3) is 0 Å². The number of nitrogens with zero attached hydrogens (tertiary/aromatic N) is 3. The Morgan fingerprint density at radius 2 is 1.90 bits per heavy atom. The Hall–Kier alpha value is -2.18. The van der Waals surface area contributed by atoms with E-state index in [4.69, 9.17) is 4.42 Å². The average molecular weight is 411 g/mol. The lowest BCUT2D eigenvalue weighted by molar-refractivity contribution is -0.129. The van der Waals surface area contributed by atoms with Crippen molar-refractivity contribution in [1.29, 1.82) is 0 Å². The summed E-state index contributed by atoms with van der Waals surface area (Å²) in [5.41, 5.74) is 1.26. The van der Waals surface area contributed by atoms with Gasteiger partial charge < -0.3 is 9.73 Å². The molecule has 4 heterocycles. The predicted octanol–water partition coefficient (Wildman–Crippen LogP) is 3.37. The van der Waals surface area contributed by atoms with Crippen molar-refractivity contribution < 1.29 is 9.21 Å². The molecule has 0 bridgehead atoms.